The molecule has 0 spiro atoms. The van der Waals surface area contributed by atoms with Gasteiger partial charge in [0.1, 0.15) is 0 Å². The van der Waals surface area contributed by atoms with Crippen molar-refractivity contribution in [1.29, 1.82) is 0 Å². The first-order valence-electron chi connectivity index (χ1n) is 9.22. The van der Waals surface area contributed by atoms with Crippen LogP contribution in [0, 0.1) is 0 Å². The maximum atomic E-state index is 12.5. The quantitative estimate of drug-likeness (QED) is 0.650. The van der Waals surface area contributed by atoms with Gasteiger partial charge in [-0.2, -0.15) is 0 Å². The third-order valence-electron chi connectivity index (χ3n) is 4.54. The Balaban J connectivity index is 1.44. The highest BCUT2D eigenvalue weighted by Crippen LogP contribution is 2.37. The number of anilines is 1. The van der Waals surface area contributed by atoms with Gasteiger partial charge in [0, 0.05) is 18.6 Å². The van der Waals surface area contributed by atoms with Crippen molar-refractivity contribution in [3.05, 3.63) is 77.3 Å². The van der Waals surface area contributed by atoms with Crippen LogP contribution in [-0.4, -0.2) is 19.1 Å². The summed E-state index contributed by atoms with van der Waals surface area (Å²) in [7, 11) is 0. The summed E-state index contributed by atoms with van der Waals surface area (Å²) in [6.07, 6.45) is 1.08. The number of rotatable bonds is 4. The predicted octanol–water partition coefficient (Wildman–Crippen LogP) is 5.35. The monoisotopic (exact) mass is 393 g/mol. The fourth-order valence-corrected chi connectivity index (χ4v) is 3.31. The molecule has 0 aliphatic carbocycles. The maximum absolute atomic E-state index is 12.5. The van der Waals surface area contributed by atoms with Gasteiger partial charge in [-0.05, 0) is 16.7 Å². The second-order valence-corrected chi connectivity index (χ2v) is 7.02. The number of amides is 1. The van der Waals surface area contributed by atoms with Crippen LogP contribution in [0.25, 0.3) is 11.1 Å². The first-order valence-corrected chi connectivity index (χ1v) is 9.60. The van der Waals surface area contributed by atoms with Crippen molar-refractivity contribution in [2.24, 2.45) is 0 Å². The van der Waals surface area contributed by atoms with Gasteiger partial charge in [-0.25, -0.2) is 0 Å². The molecule has 142 valence electrons. The van der Waals surface area contributed by atoms with Gasteiger partial charge in [0.25, 0.3) is 0 Å². The molecular formula is C23H20ClNO3. The van der Waals surface area contributed by atoms with Crippen molar-refractivity contribution in [2.75, 3.05) is 18.5 Å². The first-order chi connectivity index (χ1) is 13.7. The van der Waals surface area contributed by atoms with Gasteiger partial charge in [0.15, 0.2) is 11.5 Å². The molecule has 4 nitrogen and oxygen atoms in total. The molecule has 0 aromatic heterocycles. The van der Waals surface area contributed by atoms with Crippen LogP contribution >= 0.6 is 11.6 Å². The smallest absolute Gasteiger partial charge is 0.228 e. The van der Waals surface area contributed by atoms with E-state index in [4.69, 9.17) is 21.1 Å². The molecule has 1 aliphatic rings. The Labute approximate surface area is 169 Å². The van der Waals surface area contributed by atoms with E-state index in [1.807, 2.05) is 42.5 Å². The summed E-state index contributed by atoms with van der Waals surface area (Å²) in [6.45, 7) is 1.17. The number of hydrogen-bond donors (Lipinski definition) is 1. The molecule has 0 saturated heterocycles. The Morgan fingerprint density at radius 3 is 2.25 bits per heavy atom. The SMILES string of the molecule is O=C(Cc1ccc(-c2ccccc2)cc1)Nc1cc2c(cc1Cl)OCCCO2. The van der Waals surface area contributed by atoms with Gasteiger partial charge < -0.3 is 14.8 Å². The van der Waals surface area contributed by atoms with E-state index in [-0.39, 0.29) is 12.3 Å². The molecule has 1 N–H and O–H groups in total. The number of hydrogen-bond acceptors (Lipinski definition) is 3. The van der Waals surface area contributed by atoms with Crippen molar-refractivity contribution in [2.45, 2.75) is 12.8 Å². The molecule has 3 aromatic rings. The van der Waals surface area contributed by atoms with Crippen LogP contribution in [0.5, 0.6) is 11.5 Å². The predicted molar refractivity (Wildman–Crippen MR) is 111 cm³/mol. The molecule has 5 heteroatoms. The summed E-state index contributed by atoms with van der Waals surface area (Å²) < 4.78 is 11.3. The summed E-state index contributed by atoms with van der Waals surface area (Å²) in [4.78, 5) is 12.5. The third kappa shape index (κ3) is 4.29. The summed E-state index contributed by atoms with van der Waals surface area (Å²) >= 11 is 6.30. The van der Waals surface area contributed by atoms with Crippen molar-refractivity contribution in [3.8, 4) is 22.6 Å². The van der Waals surface area contributed by atoms with Gasteiger partial charge in [-0.15, -0.1) is 0 Å². The molecule has 1 heterocycles. The number of halogens is 1. The van der Waals surface area contributed by atoms with E-state index in [9.17, 15) is 4.79 Å². The molecule has 0 unspecified atom stereocenters. The molecule has 28 heavy (non-hydrogen) atoms. The Hall–Kier alpha value is -2.98. The highest BCUT2D eigenvalue weighted by molar-refractivity contribution is 6.34. The van der Waals surface area contributed by atoms with E-state index in [0.717, 1.165) is 23.1 Å². The van der Waals surface area contributed by atoms with Crippen molar-refractivity contribution < 1.29 is 14.3 Å². The van der Waals surface area contributed by atoms with Crippen LogP contribution in [0.2, 0.25) is 5.02 Å². The third-order valence-corrected chi connectivity index (χ3v) is 4.85. The molecule has 0 saturated carbocycles. The molecule has 0 fully saturated rings. The Bertz CT molecular complexity index is 971. The molecule has 1 aliphatic heterocycles. The fourth-order valence-electron chi connectivity index (χ4n) is 3.11. The van der Waals surface area contributed by atoms with Crippen LogP contribution in [-0.2, 0) is 11.2 Å². The molecule has 0 bridgehead atoms. The fraction of sp³-hybridized carbons (Fsp3) is 0.174. The van der Waals surface area contributed by atoms with Crippen LogP contribution < -0.4 is 14.8 Å². The molecule has 1 amide bonds. The highest BCUT2D eigenvalue weighted by Gasteiger charge is 2.15. The number of nitrogens with one attached hydrogen (secondary N) is 1. The number of ether oxygens (including phenoxy) is 2. The molecule has 0 atom stereocenters. The van der Waals surface area contributed by atoms with E-state index in [1.165, 1.54) is 0 Å². The average molecular weight is 394 g/mol. The van der Waals surface area contributed by atoms with E-state index in [0.29, 0.717) is 35.4 Å². The minimum atomic E-state index is -0.135. The number of carbonyl (C=O) groups excluding carboxylic acids is 1. The maximum Gasteiger partial charge on any atom is 0.228 e. The van der Waals surface area contributed by atoms with E-state index in [1.54, 1.807) is 12.1 Å². The lowest BCUT2D eigenvalue weighted by molar-refractivity contribution is -0.115. The summed E-state index contributed by atoms with van der Waals surface area (Å²) in [5.41, 5.74) is 3.73. The summed E-state index contributed by atoms with van der Waals surface area (Å²) in [5.74, 6) is 1.07. The number of benzene rings is 3. The van der Waals surface area contributed by atoms with Crippen molar-refractivity contribution in [3.63, 3.8) is 0 Å². The van der Waals surface area contributed by atoms with Crippen molar-refractivity contribution in [1.82, 2.24) is 0 Å². The zero-order valence-corrected chi connectivity index (χ0v) is 16.0. The minimum absolute atomic E-state index is 0.135. The number of fused-ring (bicyclic) bond motifs is 1. The van der Waals surface area contributed by atoms with Crippen LogP contribution in [0.15, 0.2) is 66.7 Å². The largest absolute Gasteiger partial charge is 0.490 e. The van der Waals surface area contributed by atoms with E-state index < -0.39 is 0 Å². The van der Waals surface area contributed by atoms with E-state index in [2.05, 4.69) is 17.4 Å². The molecule has 3 aromatic carbocycles. The van der Waals surface area contributed by atoms with Gasteiger partial charge in [-0.3, -0.25) is 4.79 Å². The zero-order chi connectivity index (χ0) is 19.3. The lowest BCUT2D eigenvalue weighted by Gasteiger charge is -2.12. The Morgan fingerprint density at radius 2 is 1.54 bits per heavy atom. The Kier molecular flexibility index (Phi) is 5.49. The standard InChI is InChI=1S/C23H20ClNO3/c24-19-14-21-22(28-12-4-11-27-21)15-20(19)25-23(26)13-16-7-9-18(10-8-16)17-5-2-1-3-6-17/h1-3,5-10,14-15H,4,11-13H2,(H,25,26). The van der Waals surface area contributed by atoms with Crippen LogP contribution in [0.1, 0.15) is 12.0 Å². The molecular weight excluding hydrogens is 374 g/mol. The lowest BCUT2D eigenvalue weighted by atomic mass is 10.0. The van der Waals surface area contributed by atoms with Gasteiger partial charge >= 0.3 is 0 Å². The van der Waals surface area contributed by atoms with Crippen molar-refractivity contribution >= 4 is 23.2 Å². The van der Waals surface area contributed by atoms with Gasteiger partial charge in [-0.1, -0.05) is 66.2 Å². The Morgan fingerprint density at radius 1 is 0.893 bits per heavy atom. The lowest BCUT2D eigenvalue weighted by Crippen LogP contribution is -2.14. The normalized spacial score (nSPS) is 12.9. The first kappa shape index (κ1) is 18.4. The van der Waals surface area contributed by atoms with Crippen LogP contribution in [0.4, 0.5) is 5.69 Å². The summed E-state index contributed by atoms with van der Waals surface area (Å²) in [6, 6.07) is 21.5. The highest BCUT2D eigenvalue weighted by atomic mass is 35.5. The molecule has 4 rings (SSSR count). The van der Waals surface area contributed by atoms with E-state index >= 15 is 0 Å². The second-order valence-electron chi connectivity index (χ2n) is 6.62. The second kappa shape index (κ2) is 8.36. The number of carbonyl (C=O) groups is 1. The topological polar surface area (TPSA) is 47.6 Å². The minimum Gasteiger partial charge on any atom is -0.490 e. The molecule has 0 radical (unpaired) electrons. The summed E-state index contributed by atoms with van der Waals surface area (Å²) in [5, 5.41) is 3.30. The zero-order valence-electron chi connectivity index (χ0n) is 15.3. The van der Waals surface area contributed by atoms with Gasteiger partial charge in [0.05, 0.1) is 30.3 Å². The van der Waals surface area contributed by atoms with Crippen LogP contribution in [0.3, 0.4) is 0 Å². The average Bonchev–Trinajstić information content (AvgIpc) is 2.94. The van der Waals surface area contributed by atoms with Gasteiger partial charge in [0.2, 0.25) is 5.91 Å².